The quantitative estimate of drug-likeness (QED) is 0.865. The van der Waals surface area contributed by atoms with Crippen LogP contribution in [0.3, 0.4) is 0 Å². The molecule has 1 aromatic rings. The predicted octanol–water partition coefficient (Wildman–Crippen LogP) is 1.86. The molecule has 0 fully saturated rings. The third-order valence-electron chi connectivity index (χ3n) is 1.80. The highest BCUT2D eigenvalue weighted by molar-refractivity contribution is 6.31. The summed E-state index contributed by atoms with van der Waals surface area (Å²) in [7, 11) is 0. The topological polar surface area (TPSA) is 63.3 Å². The normalized spacial score (nSPS) is 11.7. The maximum absolute atomic E-state index is 13.1. The van der Waals surface area contributed by atoms with Gasteiger partial charge in [0.25, 0.3) is 0 Å². The molecule has 1 atom stereocenters. The molecule has 1 rings (SSSR count). The van der Waals surface area contributed by atoms with Crippen molar-refractivity contribution in [3.05, 3.63) is 34.6 Å². The Kier molecular flexibility index (Phi) is 5.57. The minimum absolute atomic E-state index is 0. The number of nitrogens with two attached hydrogens (primary N) is 1. The first-order valence-electron chi connectivity index (χ1n) is 3.93. The monoisotopic (exact) mass is 253 g/mol. The fourth-order valence-corrected chi connectivity index (χ4v) is 1.27. The first kappa shape index (κ1) is 14.2. The lowest BCUT2D eigenvalue weighted by Crippen LogP contribution is -2.32. The SMILES string of the molecule is Cl.NC(Cc1c(F)cccc1Cl)C(=O)O. The average Bonchev–Trinajstić information content (AvgIpc) is 2.11. The lowest BCUT2D eigenvalue weighted by molar-refractivity contribution is -0.138. The van der Waals surface area contributed by atoms with Crippen LogP contribution >= 0.6 is 24.0 Å². The molecule has 3 nitrogen and oxygen atoms in total. The summed E-state index contributed by atoms with van der Waals surface area (Å²) in [6.07, 6.45) is -0.110. The van der Waals surface area contributed by atoms with Gasteiger partial charge in [-0.15, -0.1) is 12.4 Å². The summed E-state index contributed by atoms with van der Waals surface area (Å²) in [5.74, 6) is -1.71. The van der Waals surface area contributed by atoms with Crippen molar-refractivity contribution in [2.24, 2.45) is 5.73 Å². The fraction of sp³-hybridized carbons (Fsp3) is 0.222. The number of rotatable bonds is 3. The number of carboxylic acids is 1. The summed E-state index contributed by atoms with van der Waals surface area (Å²) < 4.78 is 13.1. The summed E-state index contributed by atoms with van der Waals surface area (Å²) in [5, 5.41) is 8.73. The van der Waals surface area contributed by atoms with Crippen LogP contribution in [0.5, 0.6) is 0 Å². The lowest BCUT2D eigenvalue weighted by atomic mass is 10.1. The van der Waals surface area contributed by atoms with Gasteiger partial charge >= 0.3 is 5.97 Å². The molecule has 0 aliphatic rings. The second-order valence-corrected chi connectivity index (χ2v) is 3.26. The molecule has 0 heterocycles. The van der Waals surface area contributed by atoms with E-state index in [0.29, 0.717) is 0 Å². The van der Waals surface area contributed by atoms with Crippen molar-refractivity contribution < 1.29 is 14.3 Å². The van der Waals surface area contributed by atoms with Crippen molar-refractivity contribution in [1.82, 2.24) is 0 Å². The van der Waals surface area contributed by atoms with Gasteiger partial charge in [0.1, 0.15) is 11.9 Å². The summed E-state index contributed by atoms with van der Waals surface area (Å²) >= 11 is 5.69. The van der Waals surface area contributed by atoms with E-state index in [0.717, 1.165) is 0 Å². The van der Waals surface area contributed by atoms with Gasteiger partial charge in [0, 0.05) is 17.0 Å². The van der Waals surface area contributed by atoms with Crippen LogP contribution in [-0.4, -0.2) is 17.1 Å². The first-order valence-corrected chi connectivity index (χ1v) is 4.31. The van der Waals surface area contributed by atoms with Gasteiger partial charge < -0.3 is 10.8 Å². The molecule has 0 amide bonds. The molecule has 0 spiro atoms. The van der Waals surface area contributed by atoms with Gasteiger partial charge in [0.05, 0.1) is 0 Å². The van der Waals surface area contributed by atoms with Crippen LogP contribution < -0.4 is 5.73 Å². The molecule has 3 N–H and O–H groups in total. The lowest BCUT2D eigenvalue weighted by Gasteiger charge is -2.08. The van der Waals surface area contributed by atoms with Crippen LogP contribution in [0.4, 0.5) is 4.39 Å². The van der Waals surface area contributed by atoms with E-state index in [1.165, 1.54) is 18.2 Å². The number of halogens is 3. The second kappa shape index (κ2) is 5.90. The Morgan fingerprint density at radius 2 is 2.20 bits per heavy atom. The van der Waals surface area contributed by atoms with Crippen LogP contribution in [-0.2, 0) is 11.2 Å². The van der Waals surface area contributed by atoms with Crippen LogP contribution in [0, 0.1) is 5.82 Å². The molecule has 0 radical (unpaired) electrons. The maximum atomic E-state index is 13.1. The number of carboxylic acid groups (broad SMARTS) is 1. The zero-order valence-electron chi connectivity index (χ0n) is 7.61. The molecule has 6 heteroatoms. The zero-order chi connectivity index (χ0) is 10.7. The van der Waals surface area contributed by atoms with Crippen molar-refractivity contribution in [3.63, 3.8) is 0 Å². The first-order chi connectivity index (χ1) is 6.52. The van der Waals surface area contributed by atoms with Crippen LogP contribution in [0.25, 0.3) is 0 Å². The molecule has 84 valence electrons. The largest absolute Gasteiger partial charge is 0.480 e. The standard InChI is InChI=1S/C9H9ClFNO2.ClH/c10-6-2-1-3-7(11)5(6)4-8(12)9(13)14;/h1-3,8H,4,12H2,(H,13,14);1H. The molecule has 15 heavy (non-hydrogen) atoms. The number of aliphatic carboxylic acids is 1. The van der Waals surface area contributed by atoms with Crippen molar-refractivity contribution >= 4 is 30.0 Å². The fourth-order valence-electron chi connectivity index (χ4n) is 1.03. The molecule has 0 aliphatic heterocycles. The van der Waals surface area contributed by atoms with Crippen molar-refractivity contribution in [2.75, 3.05) is 0 Å². The van der Waals surface area contributed by atoms with E-state index in [4.69, 9.17) is 22.4 Å². The Morgan fingerprint density at radius 3 is 2.67 bits per heavy atom. The predicted molar refractivity (Wildman–Crippen MR) is 58.0 cm³/mol. The average molecular weight is 254 g/mol. The van der Waals surface area contributed by atoms with Crippen molar-refractivity contribution in [1.29, 1.82) is 0 Å². The highest BCUT2D eigenvalue weighted by Crippen LogP contribution is 2.20. The Bertz CT molecular complexity index is 340. The highest BCUT2D eigenvalue weighted by Gasteiger charge is 2.16. The highest BCUT2D eigenvalue weighted by atomic mass is 35.5. The number of hydrogen-bond acceptors (Lipinski definition) is 2. The molecule has 0 saturated carbocycles. The molecular weight excluding hydrogens is 244 g/mol. The summed E-state index contributed by atoms with van der Waals surface area (Å²) in [5.41, 5.74) is 5.40. The van der Waals surface area contributed by atoms with Crippen molar-refractivity contribution in [2.45, 2.75) is 12.5 Å². The van der Waals surface area contributed by atoms with E-state index in [1.54, 1.807) is 0 Å². The second-order valence-electron chi connectivity index (χ2n) is 2.85. The van der Waals surface area contributed by atoms with Gasteiger partial charge in [0.15, 0.2) is 0 Å². The Balaban J connectivity index is 0.00000196. The molecule has 1 aromatic carbocycles. The van der Waals surface area contributed by atoms with Crippen LogP contribution in [0.2, 0.25) is 5.02 Å². The Labute approximate surface area is 97.4 Å². The van der Waals surface area contributed by atoms with Crippen LogP contribution in [0.15, 0.2) is 18.2 Å². The maximum Gasteiger partial charge on any atom is 0.320 e. The molecule has 0 bridgehead atoms. The number of hydrogen-bond donors (Lipinski definition) is 2. The van der Waals surface area contributed by atoms with Crippen molar-refractivity contribution in [3.8, 4) is 0 Å². The third-order valence-corrected chi connectivity index (χ3v) is 2.16. The minimum Gasteiger partial charge on any atom is -0.480 e. The van der Waals surface area contributed by atoms with Gasteiger partial charge in [-0.25, -0.2) is 4.39 Å². The Morgan fingerprint density at radius 1 is 1.60 bits per heavy atom. The van der Waals surface area contributed by atoms with Gasteiger partial charge in [-0.1, -0.05) is 17.7 Å². The molecule has 0 aromatic heterocycles. The van der Waals surface area contributed by atoms with E-state index in [-0.39, 0.29) is 29.4 Å². The van der Waals surface area contributed by atoms with Gasteiger partial charge in [-0.3, -0.25) is 4.79 Å². The van der Waals surface area contributed by atoms with E-state index < -0.39 is 17.8 Å². The van der Waals surface area contributed by atoms with E-state index in [2.05, 4.69) is 0 Å². The minimum atomic E-state index is -1.18. The third kappa shape index (κ3) is 3.66. The van der Waals surface area contributed by atoms with Gasteiger partial charge in [-0.2, -0.15) is 0 Å². The van der Waals surface area contributed by atoms with E-state index in [1.807, 2.05) is 0 Å². The summed E-state index contributed by atoms with van der Waals surface area (Å²) in [4.78, 5) is 10.4. The van der Waals surface area contributed by atoms with Gasteiger partial charge in [-0.05, 0) is 12.1 Å². The number of carbonyl (C=O) groups is 1. The molecule has 0 aliphatic carbocycles. The molecule has 1 unspecified atom stereocenters. The number of benzene rings is 1. The summed E-state index contributed by atoms with van der Waals surface area (Å²) in [6, 6.07) is 3.03. The molecule has 0 saturated heterocycles. The van der Waals surface area contributed by atoms with E-state index >= 15 is 0 Å². The zero-order valence-corrected chi connectivity index (χ0v) is 9.19. The molecular formula is C9H10Cl2FNO2. The van der Waals surface area contributed by atoms with Gasteiger partial charge in [0.2, 0.25) is 0 Å². The van der Waals surface area contributed by atoms with Crippen LogP contribution in [0.1, 0.15) is 5.56 Å². The summed E-state index contributed by atoms with van der Waals surface area (Å²) in [6.45, 7) is 0. The Hall–Kier alpha value is -0.840. The van der Waals surface area contributed by atoms with E-state index in [9.17, 15) is 9.18 Å². The smallest absolute Gasteiger partial charge is 0.320 e.